The van der Waals surface area contributed by atoms with Crippen molar-refractivity contribution in [2.75, 3.05) is 13.2 Å². The number of hydrogen-bond acceptors (Lipinski definition) is 4. The molecule has 0 saturated heterocycles. The number of ether oxygens (including phenoxy) is 2. The average molecular weight is 417 g/mol. The highest BCUT2D eigenvalue weighted by Crippen LogP contribution is 2.42. The molecule has 0 spiro atoms. The first-order chi connectivity index (χ1) is 13.8. The predicted octanol–water partition coefficient (Wildman–Crippen LogP) is 5.58. The van der Waals surface area contributed by atoms with Gasteiger partial charge in [-0.25, -0.2) is 9.59 Å². The van der Waals surface area contributed by atoms with Crippen LogP contribution in [0.5, 0.6) is 0 Å². The molecule has 0 amide bonds. The van der Waals surface area contributed by atoms with E-state index in [0.29, 0.717) is 24.6 Å². The molecule has 2 aromatic rings. The van der Waals surface area contributed by atoms with Gasteiger partial charge in [0.15, 0.2) is 0 Å². The maximum atomic E-state index is 12.6. The maximum Gasteiger partial charge on any atom is 0.355 e. The summed E-state index contributed by atoms with van der Waals surface area (Å²) in [7, 11) is 0. The standard InChI is InChI=1S/C24H36N2O4/c1-11-29-21(27)17-13(3)15(23(5,6)7)19(25-17)20-16(24(8,9)10)14(4)18(26-20)22(28)30-12-2/h25-26H,11-12H2,1-10H3. The fourth-order valence-electron chi connectivity index (χ4n) is 4.25. The van der Waals surface area contributed by atoms with Crippen LogP contribution in [0.2, 0.25) is 0 Å². The quantitative estimate of drug-likeness (QED) is 0.624. The molecule has 0 saturated carbocycles. The zero-order chi connectivity index (χ0) is 23.0. The van der Waals surface area contributed by atoms with Crippen LogP contribution in [0.3, 0.4) is 0 Å². The van der Waals surface area contributed by atoms with Gasteiger partial charge in [-0.15, -0.1) is 0 Å². The van der Waals surface area contributed by atoms with Crippen molar-refractivity contribution in [1.82, 2.24) is 9.97 Å². The summed E-state index contributed by atoms with van der Waals surface area (Å²) < 4.78 is 10.5. The monoisotopic (exact) mass is 416 g/mol. The molecule has 0 unspecified atom stereocenters. The van der Waals surface area contributed by atoms with E-state index in [-0.39, 0.29) is 22.8 Å². The molecule has 0 aliphatic heterocycles. The molecule has 0 aliphatic rings. The van der Waals surface area contributed by atoms with Crippen LogP contribution in [0, 0.1) is 13.8 Å². The number of carbonyl (C=O) groups is 2. The summed E-state index contributed by atoms with van der Waals surface area (Å²) in [6.07, 6.45) is 0. The van der Waals surface area contributed by atoms with Gasteiger partial charge in [-0.2, -0.15) is 0 Å². The molecular weight excluding hydrogens is 380 g/mol. The summed E-state index contributed by atoms with van der Waals surface area (Å²) in [5.74, 6) is -0.754. The summed E-state index contributed by atoms with van der Waals surface area (Å²) >= 11 is 0. The number of rotatable bonds is 5. The summed E-state index contributed by atoms with van der Waals surface area (Å²) in [5.41, 5.74) is 5.81. The molecule has 0 radical (unpaired) electrons. The Morgan fingerprint density at radius 2 is 1.00 bits per heavy atom. The lowest BCUT2D eigenvalue weighted by Crippen LogP contribution is -2.16. The van der Waals surface area contributed by atoms with E-state index in [1.165, 1.54) is 0 Å². The number of nitrogens with one attached hydrogen (secondary N) is 2. The van der Waals surface area contributed by atoms with E-state index in [1.54, 1.807) is 13.8 Å². The molecule has 0 aliphatic carbocycles. The highest BCUT2D eigenvalue weighted by Gasteiger charge is 2.34. The Kier molecular flexibility index (Phi) is 6.60. The Morgan fingerprint density at radius 3 is 1.23 bits per heavy atom. The SMILES string of the molecule is CCOC(=O)c1[nH]c(-c2[nH]c(C(=O)OCC)c(C)c2C(C)(C)C)c(C(C)(C)C)c1C. The molecule has 30 heavy (non-hydrogen) atoms. The van der Waals surface area contributed by atoms with Crippen molar-refractivity contribution in [2.24, 2.45) is 0 Å². The van der Waals surface area contributed by atoms with E-state index in [0.717, 1.165) is 33.6 Å². The second kappa shape index (κ2) is 8.32. The molecule has 2 N–H and O–H groups in total. The first-order valence-electron chi connectivity index (χ1n) is 10.6. The number of aromatic nitrogens is 2. The largest absolute Gasteiger partial charge is 0.461 e. The molecule has 0 aromatic carbocycles. The number of hydrogen-bond donors (Lipinski definition) is 2. The van der Waals surface area contributed by atoms with Crippen LogP contribution in [0.15, 0.2) is 0 Å². The third kappa shape index (κ3) is 4.32. The van der Waals surface area contributed by atoms with E-state index >= 15 is 0 Å². The number of carbonyl (C=O) groups excluding carboxylic acids is 2. The van der Waals surface area contributed by atoms with Gasteiger partial charge in [0.05, 0.1) is 24.6 Å². The number of esters is 2. The second-order valence-electron chi connectivity index (χ2n) is 9.69. The van der Waals surface area contributed by atoms with Crippen LogP contribution in [-0.4, -0.2) is 35.1 Å². The molecule has 2 rings (SSSR count). The van der Waals surface area contributed by atoms with Crippen LogP contribution < -0.4 is 0 Å². The summed E-state index contributed by atoms with van der Waals surface area (Å²) in [6, 6.07) is 0. The fraction of sp³-hybridized carbons (Fsp3) is 0.583. The predicted molar refractivity (Wildman–Crippen MR) is 119 cm³/mol. The van der Waals surface area contributed by atoms with Crippen molar-refractivity contribution in [1.29, 1.82) is 0 Å². The van der Waals surface area contributed by atoms with Gasteiger partial charge in [0.25, 0.3) is 0 Å². The van der Waals surface area contributed by atoms with Gasteiger partial charge in [-0.05, 0) is 60.8 Å². The molecule has 0 fully saturated rings. The summed E-state index contributed by atoms with van der Waals surface area (Å²) in [5, 5.41) is 0. The lowest BCUT2D eigenvalue weighted by atomic mass is 9.79. The van der Waals surface area contributed by atoms with Crippen LogP contribution >= 0.6 is 0 Å². The van der Waals surface area contributed by atoms with Gasteiger partial charge in [-0.3, -0.25) is 0 Å². The van der Waals surface area contributed by atoms with Crippen molar-refractivity contribution in [3.05, 3.63) is 33.6 Å². The van der Waals surface area contributed by atoms with Gasteiger partial charge in [-0.1, -0.05) is 41.5 Å². The second-order valence-corrected chi connectivity index (χ2v) is 9.69. The van der Waals surface area contributed by atoms with Gasteiger partial charge in [0, 0.05) is 0 Å². The van der Waals surface area contributed by atoms with Gasteiger partial charge < -0.3 is 19.4 Å². The van der Waals surface area contributed by atoms with Crippen LogP contribution in [0.4, 0.5) is 0 Å². The van der Waals surface area contributed by atoms with Crippen molar-refractivity contribution in [2.45, 2.75) is 80.1 Å². The zero-order valence-electron chi connectivity index (χ0n) is 20.0. The Labute approximate surface area is 179 Å². The molecule has 2 aromatic heterocycles. The summed E-state index contributed by atoms with van der Waals surface area (Å²) in [4.78, 5) is 31.8. The zero-order valence-corrected chi connectivity index (χ0v) is 20.0. The third-order valence-electron chi connectivity index (χ3n) is 5.21. The minimum absolute atomic E-state index is 0.237. The van der Waals surface area contributed by atoms with E-state index in [9.17, 15) is 9.59 Å². The fourth-order valence-corrected chi connectivity index (χ4v) is 4.25. The first-order valence-corrected chi connectivity index (χ1v) is 10.6. The van der Waals surface area contributed by atoms with Crippen LogP contribution in [0.1, 0.15) is 98.6 Å². The first kappa shape index (κ1) is 23.8. The Bertz CT molecular complexity index is 871. The molecule has 0 bridgehead atoms. The van der Waals surface area contributed by atoms with Crippen LogP contribution in [0.25, 0.3) is 11.4 Å². The van der Waals surface area contributed by atoms with Crippen molar-refractivity contribution >= 4 is 11.9 Å². The highest BCUT2D eigenvalue weighted by molar-refractivity contribution is 5.94. The third-order valence-corrected chi connectivity index (χ3v) is 5.21. The molecule has 0 atom stereocenters. The minimum Gasteiger partial charge on any atom is -0.461 e. The van der Waals surface area contributed by atoms with E-state index < -0.39 is 0 Å². The molecule has 2 heterocycles. The smallest absolute Gasteiger partial charge is 0.355 e. The van der Waals surface area contributed by atoms with Gasteiger partial charge in [0.1, 0.15) is 11.4 Å². The maximum absolute atomic E-state index is 12.6. The molecule has 6 heteroatoms. The molecule has 6 nitrogen and oxygen atoms in total. The normalized spacial score (nSPS) is 12.2. The molecular formula is C24H36N2O4. The van der Waals surface area contributed by atoms with Crippen molar-refractivity contribution < 1.29 is 19.1 Å². The lowest BCUT2D eigenvalue weighted by molar-refractivity contribution is 0.0509. The molecule has 166 valence electrons. The Balaban J connectivity index is 2.89. The van der Waals surface area contributed by atoms with Crippen LogP contribution in [-0.2, 0) is 20.3 Å². The highest BCUT2D eigenvalue weighted by atomic mass is 16.5. The average Bonchev–Trinajstić information content (AvgIpc) is 3.12. The van der Waals surface area contributed by atoms with Gasteiger partial charge in [0.2, 0.25) is 0 Å². The Morgan fingerprint density at radius 1 is 0.700 bits per heavy atom. The lowest BCUT2D eigenvalue weighted by Gasteiger charge is -2.24. The Hall–Kier alpha value is -2.50. The van der Waals surface area contributed by atoms with Crippen molar-refractivity contribution in [3.63, 3.8) is 0 Å². The number of aromatic amines is 2. The van der Waals surface area contributed by atoms with E-state index in [4.69, 9.17) is 9.47 Å². The van der Waals surface area contributed by atoms with Crippen molar-refractivity contribution in [3.8, 4) is 11.4 Å². The van der Waals surface area contributed by atoms with E-state index in [2.05, 4.69) is 51.5 Å². The number of H-pyrrole nitrogens is 2. The summed E-state index contributed by atoms with van der Waals surface area (Å²) in [6.45, 7) is 20.7. The van der Waals surface area contributed by atoms with Gasteiger partial charge >= 0.3 is 11.9 Å². The minimum atomic E-state index is -0.377. The van der Waals surface area contributed by atoms with E-state index in [1.807, 2.05) is 13.8 Å². The topological polar surface area (TPSA) is 84.2 Å².